The van der Waals surface area contributed by atoms with Crippen LogP contribution in [0, 0.1) is 34.0 Å². The van der Waals surface area contributed by atoms with Crippen molar-refractivity contribution in [3.63, 3.8) is 0 Å². The van der Waals surface area contributed by atoms with Crippen LogP contribution in [-0.4, -0.2) is 9.13 Å². The first kappa shape index (κ1) is 28.8. The molecule has 0 saturated heterocycles. The van der Waals surface area contributed by atoms with E-state index in [9.17, 15) is 15.8 Å². The monoisotopic (exact) mass is 635 g/mol. The maximum atomic E-state index is 10.7. The summed E-state index contributed by atoms with van der Waals surface area (Å²) in [4.78, 5) is 0. The highest BCUT2D eigenvalue weighted by atomic mass is 15.0. The first-order chi connectivity index (χ1) is 24.7. The molecule has 0 spiro atoms. The number of hydrogen-bond donors (Lipinski definition) is 0. The summed E-state index contributed by atoms with van der Waals surface area (Å²) in [6, 6.07) is 57.8. The molecular formula is C45H25N5. The molecule has 0 N–H and O–H groups in total. The highest BCUT2D eigenvalue weighted by Gasteiger charge is 2.19. The first-order valence-electron chi connectivity index (χ1n) is 16.3. The Morgan fingerprint density at radius 2 is 0.840 bits per heavy atom. The van der Waals surface area contributed by atoms with Crippen LogP contribution in [0.3, 0.4) is 0 Å². The second-order valence-electron chi connectivity index (χ2n) is 12.3. The van der Waals surface area contributed by atoms with Crippen molar-refractivity contribution in [2.24, 2.45) is 0 Å². The van der Waals surface area contributed by atoms with E-state index < -0.39 is 0 Å². The average Bonchev–Trinajstić information content (AvgIpc) is 3.69. The molecule has 9 rings (SSSR count). The zero-order valence-corrected chi connectivity index (χ0v) is 26.7. The minimum absolute atomic E-state index is 0.570. The fraction of sp³-hybridized carbons (Fsp3) is 0. The SMILES string of the molecule is N#Cc1ccc2c(c1)c1ccccc1n2-c1ccccc1-c1cccc(-c2cccc(-n3c4ccccc4c4cc(C#N)ccc43)c2C#N)c1. The standard InChI is InChI=1S/C45H25N5/c46-26-29-19-21-44-37(23-29)35-12-2-5-16-41(35)49(44)40-15-4-1-11-34(40)32-10-7-9-31(25-32)33-14-8-18-43(39(33)28-48)50-42-17-6-3-13-36(42)38-24-30(27-47)20-22-45(38)50/h1-25H. The Morgan fingerprint density at radius 3 is 1.46 bits per heavy atom. The molecule has 5 heteroatoms. The normalized spacial score (nSPS) is 11.1. The molecule has 0 amide bonds. The van der Waals surface area contributed by atoms with Gasteiger partial charge >= 0.3 is 0 Å². The fourth-order valence-electron chi connectivity index (χ4n) is 7.46. The molecule has 230 valence electrons. The lowest BCUT2D eigenvalue weighted by molar-refractivity contribution is 1.17. The Bertz CT molecular complexity index is 2970. The third-order valence-corrected chi connectivity index (χ3v) is 9.63. The van der Waals surface area contributed by atoms with Gasteiger partial charge in [-0.2, -0.15) is 15.8 Å². The molecule has 9 aromatic rings. The molecule has 0 fully saturated rings. The second kappa shape index (κ2) is 11.4. The molecule has 0 atom stereocenters. The van der Waals surface area contributed by atoms with Gasteiger partial charge in [0.2, 0.25) is 0 Å². The van der Waals surface area contributed by atoms with Crippen LogP contribution in [0.1, 0.15) is 16.7 Å². The zero-order valence-electron chi connectivity index (χ0n) is 26.7. The van der Waals surface area contributed by atoms with Crippen molar-refractivity contribution in [3.8, 4) is 51.8 Å². The lowest BCUT2D eigenvalue weighted by atomic mass is 9.94. The van der Waals surface area contributed by atoms with Crippen LogP contribution >= 0.6 is 0 Å². The lowest BCUT2D eigenvalue weighted by Crippen LogP contribution is -2.00. The van der Waals surface area contributed by atoms with Crippen LogP contribution in [0.4, 0.5) is 0 Å². The number of hydrogen-bond acceptors (Lipinski definition) is 3. The maximum absolute atomic E-state index is 10.7. The highest BCUT2D eigenvalue weighted by Crippen LogP contribution is 2.39. The summed E-state index contributed by atoms with van der Waals surface area (Å²) >= 11 is 0. The van der Waals surface area contributed by atoms with Crippen molar-refractivity contribution >= 4 is 43.6 Å². The third kappa shape index (κ3) is 4.31. The van der Waals surface area contributed by atoms with Crippen LogP contribution in [0.2, 0.25) is 0 Å². The van der Waals surface area contributed by atoms with Gasteiger partial charge in [-0.1, -0.05) is 84.9 Å². The van der Waals surface area contributed by atoms with Gasteiger partial charge in [0.05, 0.1) is 62.3 Å². The van der Waals surface area contributed by atoms with Crippen molar-refractivity contribution in [3.05, 3.63) is 168 Å². The molecular weight excluding hydrogens is 611 g/mol. The van der Waals surface area contributed by atoms with Crippen LogP contribution in [-0.2, 0) is 0 Å². The van der Waals surface area contributed by atoms with Crippen LogP contribution in [0.5, 0.6) is 0 Å². The van der Waals surface area contributed by atoms with Gasteiger partial charge in [-0.15, -0.1) is 0 Å². The molecule has 0 saturated carbocycles. The molecule has 0 radical (unpaired) electrons. The number of aromatic nitrogens is 2. The van der Waals surface area contributed by atoms with Gasteiger partial charge in [0, 0.05) is 32.7 Å². The number of benzene rings is 7. The number of fused-ring (bicyclic) bond motifs is 6. The number of rotatable bonds is 4. The van der Waals surface area contributed by atoms with Gasteiger partial charge in [0.15, 0.2) is 0 Å². The van der Waals surface area contributed by atoms with Crippen molar-refractivity contribution in [1.82, 2.24) is 9.13 Å². The summed E-state index contributed by atoms with van der Waals surface area (Å²) in [5.41, 5.74) is 11.5. The van der Waals surface area contributed by atoms with E-state index in [1.165, 1.54) is 0 Å². The summed E-state index contributed by atoms with van der Waals surface area (Å²) in [7, 11) is 0. The van der Waals surface area contributed by atoms with Crippen molar-refractivity contribution < 1.29 is 0 Å². The summed E-state index contributed by atoms with van der Waals surface area (Å²) in [6.07, 6.45) is 0. The predicted octanol–water partition coefficient (Wildman–Crippen LogP) is 10.8. The molecule has 0 aliphatic carbocycles. The smallest absolute Gasteiger partial charge is 0.102 e. The topological polar surface area (TPSA) is 81.2 Å². The van der Waals surface area contributed by atoms with Crippen molar-refractivity contribution in [2.45, 2.75) is 0 Å². The van der Waals surface area contributed by atoms with Crippen molar-refractivity contribution in [1.29, 1.82) is 15.8 Å². The fourth-order valence-corrected chi connectivity index (χ4v) is 7.46. The van der Waals surface area contributed by atoms with Crippen LogP contribution in [0.15, 0.2) is 152 Å². The summed E-state index contributed by atoms with van der Waals surface area (Å²) in [6.45, 7) is 0. The van der Waals surface area contributed by atoms with E-state index in [1.54, 1.807) is 0 Å². The van der Waals surface area contributed by atoms with E-state index in [-0.39, 0.29) is 0 Å². The molecule has 0 unspecified atom stereocenters. The minimum Gasteiger partial charge on any atom is -0.309 e. The Hall–Kier alpha value is -7.39. The quantitative estimate of drug-likeness (QED) is 0.193. The van der Waals surface area contributed by atoms with Crippen LogP contribution < -0.4 is 0 Å². The van der Waals surface area contributed by atoms with E-state index in [4.69, 9.17) is 0 Å². The summed E-state index contributed by atoms with van der Waals surface area (Å²) < 4.78 is 4.40. The van der Waals surface area contributed by atoms with E-state index in [0.717, 1.165) is 77.2 Å². The summed E-state index contributed by atoms with van der Waals surface area (Å²) in [5.74, 6) is 0. The predicted molar refractivity (Wildman–Crippen MR) is 200 cm³/mol. The van der Waals surface area contributed by atoms with Gasteiger partial charge in [-0.25, -0.2) is 0 Å². The largest absolute Gasteiger partial charge is 0.309 e. The van der Waals surface area contributed by atoms with E-state index in [1.807, 2.05) is 84.9 Å². The molecule has 7 aromatic carbocycles. The van der Waals surface area contributed by atoms with Gasteiger partial charge < -0.3 is 9.13 Å². The Labute approximate surface area is 287 Å². The first-order valence-corrected chi connectivity index (χ1v) is 16.3. The van der Waals surface area contributed by atoms with E-state index in [2.05, 4.69) is 94.1 Å². The molecule has 0 aliphatic heterocycles. The molecule has 5 nitrogen and oxygen atoms in total. The van der Waals surface area contributed by atoms with Gasteiger partial charge in [0.1, 0.15) is 6.07 Å². The molecule has 0 aliphatic rings. The van der Waals surface area contributed by atoms with Gasteiger partial charge in [-0.3, -0.25) is 0 Å². The molecule has 2 heterocycles. The van der Waals surface area contributed by atoms with E-state index >= 15 is 0 Å². The Morgan fingerprint density at radius 1 is 0.360 bits per heavy atom. The Balaban J connectivity index is 1.23. The van der Waals surface area contributed by atoms with Gasteiger partial charge in [0.25, 0.3) is 0 Å². The molecule has 0 bridgehead atoms. The minimum atomic E-state index is 0.570. The molecule has 2 aromatic heterocycles. The molecule has 50 heavy (non-hydrogen) atoms. The lowest BCUT2D eigenvalue weighted by Gasteiger charge is -2.16. The number of nitrogens with zero attached hydrogens (tertiary/aromatic N) is 5. The van der Waals surface area contributed by atoms with Gasteiger partial charge in [-0.05, 0) is 77.9 Å². The van der Waals surface area contributed by atoms with Crippen LogP contribution in [0.25, 0.3) is 77.2 Å². The highest BCUT2D eigenvalue weighted by molar-refractivity contribution is 6.11. The van der Waals surface area contributed by atoms with Crippen molar-refractivity contribution in [2.75, 3.05) is 0 Å². The summed E-state index contributed by atoms with van der Waals surface area (Å²) in [5, 5.41) is 34.1. The van der Waals surface area contributed by atoms with E-state index in [0.29, 0.717) is 16.7 Å². The zero-order chi connectivity index (χ0) is 33.8. The number of nitriles is 3. The third-order valence-electron chi connectivity index (χ3n) is 9.63. The number of para-hydroxylation sites is 3. The second-order valence-corrected chi connectivity index (χ2v) is 12.3. The average molecular weight is 636 g/mol. The Kier molecular flexibility index (Phi) is 6.56. The maximum Gasteiger partial charge on any atom is 0.102 e.